The maximum Gasteiger partial charge on any atom is 0.291 e. The Balaban J connectivity index is 2.10. The number of aryl methyl sites for hydroxylation is 2. The molecule has 1 N–H and O–H groups in total. The van der Waals surface area contributed by atoms with Crippen LogP contribution in [0.15, 0.2) is 46.2 Å². The molecule has 7 nitrogen and oxygen atoms in total. The number of anilines is 1. The Kier molecular flexibility index (Phi) is 4.57. The Labute approximate surface area is 149 Å². The summed E-state index contributed by atoms with van der Waals surface area (Å²) in [6.45, 7) is 4.12. The maximum absolute atomic E-state index is 12.6. The van der Waals surface area contributed by atoms with Crippen molar-refractivity contribution in [1.29, 1.82) is 0 Å². The van der Waals surface area contributed by atoms with Crippen LogP contribution in [0.5, 0.6) is 0 Å². The minimum Gasteiger partial charge on any atom is -0.297 e. The third kappa shape index (κ3) is 3.27. The van der Waals surface area contributed by atoms with Crippen LogP contribution in [0, 0.1) is 0 Å². The summed E-state index contributed by atoms with van der Waals surface area (Å²) < 4.78 is 30.6. The van der Waals surface area contributed by atoms with E-state index in [9.17, 15) is 13.2 Å². The third-order valence-electron chi connectivity index (χ3n) is 3.79. The van der Waals surface area contributed by atoms with Crippen LogP contribution in [0.2, 0.25) is 5.02 Å². The molecule has 0 spiro atoms. The van der Waals surface area contributed by atoms with Crippen molar-refractivity contribution in [2.75, 3.05) is 4.72 Å². The van der Waals surface area contributed by atoms with Gasteiger partial charge in [-0.15, -0.1) is 0 Å². The summed E-state index contributed by atoms with van der Waals surface area (Å²) in [4.78, 5) is 12.4. The zero-order valence-electron chi connectivity index (χ0n) is 13.7. The summed E-state index contributed by atoms with van der Waals surface area (Å²) in [5.74, 6) is 0.615. The first-order chi connectivity index (χ1) is 11.9. The lowest BCUT2D eigenvalue weighted by Gasteiger charge is -2.07. The SMILES string of the molecule is CCc1nn(CC)c(=O)c2cc(S(=O)(=O)Nc3ccc(Cl)cc3)cn12. The van der Waals surface area contributed by atoms with Gasteiger partial charge in [-0.3, -0.25) is 13.9 Å². The van der Waals surface area contributed by atoms with Gasteiger partial charge in [-0.1, -0.05) is 18.5 Å². The van der Waals surface area contributed by atoms with Gasteiger partial charge >= 0.3 is 0 Å². The molecule has 0 fully saturated rings. The van der Waals surface area contributed by atoms with Gasteiger partial charge in [0.15, 0.2) is 0 Å². The monoisotopic (exact) mass is 380 g/mol. The van der Waals surface area contributed by atoms with Crippen LogP contribution >= 0.6 is 11.6 Å². The van der Waals surface area contributed by atoms with Crippen molar-refractivity contribution in [3.8, 4) is 0 Å². The number of nitrogens with one attached hydrogen (secondary N) is 1. The van der Waals surface area contributed by atoms with Crippen molar-refractivity contribution in [2.45, 2.75) is 31.7 Å². The van der Waals surface area contributed by atoms with Gasteiger partial charge in [-0.05, 0) is 37.3 Å². The first-order valence-electron chi connectivity index (χ1n) is 7.76. The smallest absolute Gasteiger partial charge is 0.291 e. The van der Waals surface area contributed by atoms with Crippen molar-refractivity contribution in [2.24, 2.45) is 0 Å². The summed E-state index contributed by atoms with van der Waals surface area (Å²) in [6.07, 6.45) is 1.98. The van der Waals surface area contributed by atoms with E-state index in [0.29, 0.717) is 29.5 Å². The molecule has 0 amide bonds. The fourth-order valence-corrected chi connectivity index (χ4v) is 3.72. The van der Waals surface area contributed by atoms with Crippen molar-refractivity contribution >= 4 is 32.8 Å². The Morgan fingerprint density at radius 3 is 2.48 bits per heavy atom. The van der Waals surface area contributed by atoms with E-state index in [1.54, 1.807) is 24.3 Å². The summed E-state index contributed by atoms with van der Waals surface area (Å²) in [7, 11) is -3.84. The molecule has 2 aromatic heterocycles. The molecule has 0 aliphatic rings. The highest BCUT2D eigenvalue weighted by atomic mass is 35.5. The first kappa shape index (κ1) is 17.5. The number of aromatic nitrogens is 3. The molecule has 0 atom stereocenters. The highest BCUT2D eigenvalue weighted by Crippen LogP contribution is 2.20. The lowest BCUT2D eigenvalue weighted by atomic mass is 10.3. The minimum absolute atomic E-state index is 0.00454. The van der Waals surface area contributed by atoms with Gasteiger partial charge in [0, 0.05) is 29.9 Å². The van der Waals surface area contributed by atoms with Crippen molar-refractivity contribution in [3.63, 3.8) is 0 Å². The number of nitrogens with zero attached hydrogens (tertiary/aromatic N) is 3. The summed E-state index contributed by atoms with van der Waals surface area (Å²) in [5, 5.41) is 4.77. The molecule has 3 aromatic rings. The number of halogens is 1. The maximum atomic E-state index is 12.6. The molecule has 9 heteroatoms. The van der Waals surface area contributed by atoms with Crippen LogP contribution < -0.4 is 10.3 Å². The van der Waals surface area contributed by atoms with E-state index in [4.69, 9.17) is 11.6 Å². The molecule has 0 saturated heterocycles. The predicted molar refractivity (Wildman–Crippen MR) is 96.8 cm³/mol. The standard InChI is InChI=1S/C16H17ClN4O3S/c1-3-15-18-21(4-2)16(22)14-9-13(10-20(14)15)25(23,24)19-12-7-5-11(17)6-8-12/h5-10,19H,3-4H2,1-2H3. The van der Waals surface area contributed by atoms with Crippen LogP contribution in [0.25, 0.3) is 5.52 Å². The van der Waals surface area contributed by atoms with Gasteiger partial charge in [-0.25, -0.2) is 13.1 Å². The van der Waals surface area contributed by atoms with E-state index >= 15 is 0 Å². The lowest BCUT2D eigenvalue weighted by molar-refractivity contribution is 0.583. The quantitative estimate of drug-likeness (QED) is 0.737. The molecule has 132 valence electrons. The molecular formula is C16H17ClN4O3S. The number of fused-ring (bicyclic) bond motifs is 1. The van der Waals surface area contributed by atoms with Crippen LogP contribution in [0.1, 0.15) is 19.7 Å². The number of hydrogen-bond donors (Lipinski definition) is 1. The summed E-state index contributed by atoms with van der Waals surface area (Å²) in [6, 6.07) is 7.69. The van der Waals surface area contributed by atoms with Crippen molar-refractivity contribution < 1.29 is 8.42 Å². The van der Waals surface area contributed by atoms with Gasteiger partial charge in [0.1, 0.15) is 16.2 Å². The van der Waals surface area contributed by atoms with Gasteiger partial charge < -0.3 is 0 Å². The fourth-order valence-electron chi connectivity index (χ4n) is 2.52. The summed E-state index contributed by atoms with van der Waals surface area (Å²) >= 11 is 5.81. The van der Waals surface area contributed by atoms with Gasteiger partial charge in [0.25, 0.3) is 15.6 Å². The average Bonchev–Trinajstić information content (AvgIpc) is 3.04. The topological polar surface area (TPSA) is 85.5 Å². The Morgan fingerprint density at radius 2 is 1.88 bits per heavy atom. The average molecular weight is 381 g/mol. The van der Waals surface area contributed by atoms with Crippen molar-refractivity contribution in [3.05, 3.63) is 57.7 Å². The van der Waals surface area contributed by atoms with Crippen LogP contribution in [0.4, 0.5) is 5.69 Å². The fraction of sp³-hybridized carbons (Fsp3) is 0.250. The number of benzene rings is 1. The van der Waals surface area contributed by atoms with E-state index < -0.39 is 10.0 Å². The molecular weight excluding hydrogens is 364 g/mol. The second-order valence-electron chi connectivity index (χ2n) is 5.43. The molecule has 1 aromatic carbocycles. The molecule has 3 rings (SSSR count). The molecule has 0 radical (unpaired) electrons. The summed E-state index contributed by atoms with van der Waals surface area (Å²) in [5.41, 5.74) is 0.345. The van der Waals surface area contributed by atoms with E-state index in [1.165, 1.54) is 21.3 Å². The largest absolute Gasteiger partial charge is 0.297 e. The zero-order valence-corrected chi connectivity index (χ0v) is 15.3. The number of sulfonamides is 1. The lowest BCUT2D eigenvalue weighted by Crippen LogP contribution is -2.26. The van der Waals surface area contributed by atoms with Gasteiger partial charge in [0.2, 0.25) is 0 Å². The van der Waals surface area contributed by atoms with Gasteiger partial charge in [-0.2, -0.15) is 5.10 Å². The van der Waals surface area contributed by atoms with Crippen LogP contribution in [-0.2, 0) is 23.0 Å². The highest BCUT2D eigenvalue weighted by molar-refractivity contribution is 7.92. The highest BCUT2D eigenvalue weighted by Gasteiger charge is 2.20. The molecule has 0 aliphatic heterocycles. The van der Waals surface area contributed by atoms with E-state index in [-0.39, 0.29) is 16.0 Å². The Bertz CT molecular complexity index is 1090. The predicted octanol–water partition coefficient (Wildman–Crippen LogP) is 2.53. The van der Waals surface area contributed by atoms with Crippen molar-refractivity contribution in [1.82, 2.24) is 14.2 Å². The first-order valence-corrected chi connectivity index (χ1v) is 9.62. The molecule has 2 heterocycles. The molecule has 0 bridgehead atoms. The number of hydrogen-bond acceptors (Lipinski definition) is 4. The van der Waals surface area contributed by atoms with E-state index in [1.807, 2.05) is 13.8 Å². The second kappa shape index (κ2) is 6.53. The number of rotatable bonds is 5. The normalized spacial score (nSPS) is 11.8. The van der Waals surface area contributed by atoms with E-state index in [0.717, 1.165) is 0 Å². The Hall–Kier alpha value is -2.32. The van der Waals surface area contributed by atoms with Gasteiger partial charge in [0.05, 0.1) is 0 Å². The molecule has 0 aliphatic carbocycles. The molecule has 0 unspecified atom stereocenters. The van der Waals surface area contributed by atoms with E-state index in [2.05, 4.69) is 9.82 Å². The minimum atomic E-state index is -3.84. The second-order valence-corrected chi connectivity index (χ2v) is 7.55. The Morgan fingerprint density at radius 1 is 1.20 bits per heavy atom. The van der Waals surface area contributed by atoms with Crippen LogP contribution in [-0.4, -0.2) is 22.6 Å². The molecule has 0 saturated carbocycles. The third-order valence-corrected chi connectivity index (χ3v) is 5.39. The van der Waals surface area contributed by atoms with Crippen LogP contribution in [0.3, 0.4) is 0 Å². The zero-order chi connectivity index (χ0) is 18.2. The molecule has 25 heavy (non-hydrogen) atoms.